The van der Waals surface area contributed by atoms with Gasteiger partial charge in [0.1, 0.15) is 0 Å². The van der Waals surface area contributed by atoms with Crippen LogP contribution in [0.2, 0.25) is 0 Å². The number of nitrogens with two attached hydrogens (primary N) is 1. The second-order valence-electron chi connectivity index (χ2n) is 5.82. The molecule has 2 aliphatic carbocycles. The van der Waals surface area contributed by atoms with E-state index in [0.29, 0.717) is 12.5 Å². The summed E-state index contributed by atoms with van der Waals surface area (Å²) in [6.45, 7) is 0.581. The number of aryl methyl sites for hydroxylation is 2. The van der Waals surface area contributed by atoms with Crippen LogP contribution in [0.4, 0.5) is 0 Å². The third kappa shape index (κ3) is 2.56. The van der Waals surface area contributed by atoms with E-state index in [4.69, 9.17) is 5.73 Å². The molecule has 1 atom stereocenters. The Balaban J connectivity index is 1.77. The van der Waals surface area contributed by atoms with Crippen LogP contribution in [0.15, 0.2) is 6.07 Å². The normalized spacial score (nSPS) is 19.9. The Bertz CT molecular complexity index is 455. The molecule has 0 aliphatic heterocycles. The first-order valence-corrected chi connectivity index (χ1v) is 8.11. The monoisotopic (exact) mass is 278 g/mol. The Hall–Kier alpha value is -0.870. The van der Waals surface area contributed by atoms with Crippen LogP contribution in [0.1, 0.15) is 45.8 Å². The molecule has 1 aromatic rings. The third-order valence-corrected chi connectivity index (χ3v) is 5.66. The summed E-state index contributed by atoms with van der Waals surface area (Å²) >= 11 is 1.70. The highest BCUT2D eigenvalue weighted by atomic mass is 32.1. The lowest BCUT2D eigenvalue weighted by molar-refractivity contribution is 0.0723. The summed E-state index contributed by atoms with van der Waals surface area (Å²) in [5.41, 5.74) is 7.24. The number of carbonyl (C=O) groups is 1. The molecule has 0 aromatic carbocycles. The highest BCUT2D eigenvalue weighted by molar-refractivity contribution is 7.14. The van der Waals surface area contributed by atoms with Crippen molar-refractivity contribution in [1.29, 1.82) is 0 Å². The average molecular weight is 278 g/mol. The summed E-state index contributed by atoms with van der Waals surface area (Å²) in [7, 11) is 1.91. The van der Waals surface area contributed by atoms with Crippen molar-refractivity contribution in [3.63, 3.8) is 0 Å². The van der Waals surface area contributed by atoms with E-state index in [9.17, 15) is 4.79 Å². The fraction of sp³-hybridized carbons (Fsp3) is 0.667. The van der Waals surface area contributed by atoms with E-state index in [-0.39, 0.29) is 11.9 Å². The second kappa shape index (κ2) is 5.25. The minimum absolute atomic E-state index is 0.168. The molecule has 1 fully saturated rings. The van der Waals surface area contributed by atoms with Gasteiger partial charge in [-0.25, -0.2) is 0 Å². The zero-order valence-corrected chi connectivity index (χ0v) is 12.3. The van der Waals surface area contributed by atoms with Gasteiger partial charge in [0.25, 0.3) is 5.91 Å². The van der Waals surface area contributed by atoms with E-state index in [1.807, 2.05) is 11.9 Å². The van der Waals surface area contributed by atoms with E-state index in [1.165, 1.54) is 36.1 Å². The van der Waals surface area contributed by atoms with Crippen LogP contribution < -0.4 is 5.73 Å². The van der Waals surface area contributed by atoms with Gasteiger partial charge in [0.15, 0.2) is 0 Å². The third-order valence-electron chi connectivity index (χ3n) is 4.43. The molecule has 1 saturated carbocycles. The van der Waals surface area contributed by atoms with Gasteiger partial charge in [0.05, 0.1) is 4.88 Å². The topological polar surface area (TPSA) is 46.3 Å². The Morgan fingerprint density at radius 1 is 1.47 bits per heavy atom. The maximum atomic E-state index is 12.6. The molecule has 2 aliphatic rings. The van der Waals surface area contributed by atoms with Crippen molar-refractivity contribution in [3.05, 3.63) is 21.4 Å². The molecule has 3 rings (SSSR count). The highest BCUT2D eigenvalue weighted by Gasteiger charge is 2.35. The van der Waals surface area contributed by atoms with Gasteiger partial charge in [0.2, 0.25) is 0 Å². The summed E-state index contributed by atoms with van der Waals surface area (Å²) in [6.07, 6.45) is 7.28. The standard InChI is InChI=1S/C15H22N2OS/c1-17(12(9-16)10-6-7-10)15(18)14-8-11-4-2-3-5-13(11)19-14/h8,10,12H,2-7,9,16H2,1H3. The Morgan fingerprint density at radius 2 is 2.21 bits per heavy atom. The van der Waals surface area contributed by atoms with Crippen molar-refractivity contribution in [2.75, 3.05) is 13.6 Å². The van der Waals surface area contributed by atoms with Gasteiger partial charge in [-0.2, -0.15) is 0 Å². The van der Waals surface area contributed by atoms with Crippen LogP contribution in [0.25, 0.3) is 0 Å². The molecule has 0 bridgehead atoms. The summed E-state index contributed by atoms with van der Waals surface area (Å²) in [5.74, 6) is 0.801. The predicted octanol–water partition coefficient (Wildman–Crippen LogP) is 2.44. The molecule has 19 heavy (non-hydrogen) atoms. The van der Waals surface area contributed by atoms with Crippen molar-refractivity contribution < 1.29 is 4.79 Å². The van der Waals surface area contributed by atoms with E-state index < -0.39 is 0 Å². The lowest BCUT2D eigenvalue weighted by Gasteiger charge is -2.26. The van der Waals surface area contributed by atoms with E-state index in [2.05, 4.69) is 6.07 Å². The van der Waals surface area contributed by atoms with E-state index >= 15 is 0 Å². The molecule has 0 saturated heterocycles. The van der Waals surface area contributed by atoms with Gasteiger partial charge < -0.3 is 10.6 Å². The predicted molar refractivity (Wildman–Crippen MR) is 78.6 cm³/mol. The van der Waals surface area contributed by atoms with Gasteiger partial charge in [-0.15, -0.1) is 11.3 Å². The number of likely N-dealkylation sites (N-methyl/N-ethyl adjacent to an activating group) is 1. The van der Waals surface area contributed by atoms with Gasteiger partial charge in [-0.1, -0.05) is 0 Å². The molecule has 0 radical (unpaired) electrons. The second-order valence-corrected chi connectivity index (χ2v) is 6.96. The molecular weight excluding hydrogens is 256 g/mol. The van der Waals surface area contributed by atoms with Crippen molar-refractivity contribution in [2.24, 2.45) is 11.7 Å². The fourth-order valence-electron chi connectivity index (χ4n) is 3.07. The van der Waals surface area contributed by atoms with Gasteiger partial charge in [0, 0.05) is 24.5 Å². The van der Waals surface area contributed by atoms with Crippen molar-refractivity contribution in [2.45, 2.75) is 44.6 Å². The Labute approximate surface area is 118 Å². The van der Waals surface area contributed by atoms with Crippen LogP contribution in [0.5, 0.6) is 0 Å². The molecule has 1 heterocycles. The molecule has 0 spiro atoms. The largest absolute Gasteiger partial charge is 0.336 e. The first-order chi connectivity index (χ1) is 9.20. The lowest BCUT2D eigenvalue weighted by atomic mass is 9.99. The molecule has 2 N–H and O–H groups in total. The first-order valence-electron chi connectivity index (χ1n) is 7.29. The summed E-state index contributed by atoms with van der Waals surface area (Å²) in [4.78, 5) is 16.8. The lowest BCUT2D eigenvalue weighted by Crippen LogP contribution is -2.43. The number of amides is 1. The minimum Gasteiger partial charge on any atom is -0.336 e. The first kappa shape index (κ1) is 13.1. The van der Waals surface area contributed by atoms with Crippen LogP contribution >= 0.6 is 11.3 Å². The van der Waals surface area contributed by atoms with E-state index in [0.717, 1.165) is 17.7 Å². The number of carbonyl (C=O) groups excluding carboxylic acids is 1. The van der Waals surface area contributed by atoms with Gasteiger partial charge in [-0.3, -0.25) is 4.79 Å². The van der Waals surface area contributed by atoms with Crippen LogP contribution in [0, 0.1) is 5.92 Å². The molecule has 1 amide bonds. The van der Waals surface area contributed by atoms with Gasteiger partial charge >= 0.3 is 0 Å². The van der Waals surface area contributed by atoms with Crippen molar-refractivity contribution >= 4 is 17.2 Å². The Morgan fingerprint density at radius 3 is 2.84 bits per heavy atom. The van der Waals surface area contributed by atoms with Gasteiger partial charge in [-0.05, 0) is 56.1 Å². The molecule has 4 heteroatoms. The molecule has 1 aromatic heterocycles. The average Bonchev–Trinajstić information content (AvgIpc) is 3.16. The van der Waals surface area contributed by atoms with Crippen LogP contribution in [0.3, 0.4) is 0 Å². The minimum atomic E-state index is 0.168. The molecular formula is C15H22N2OS. The van der Waals surface area contributed by atoms with E-state index in [1.54, 1.807) is 11.3 Å². The fourth-order valence-corrected chi connectivity index (χ4v) is 4.30. The number of hydrogen-bond donors (Lipinski definition) is 1. The number of fused-ring (bicyclic) bond motifs is 1. The number of hydrogen-bond acceptors (Lipinski definition) is 3. The molecule has 104 valence electrons. The van der Waals surface area contributed by atoms with Crippen molar-refractivity contribution in [1.82, 2.24) is 4.90 Å². The summed E-state index contributed by atoms with van der Waals surface area (Å²) in [6, 6.07) is 2.35. The smallest absolute Gasteiger partial charge is 0.263 e. The number of nitrogens with zero attached hydrogens (tertiary/aromatic N) is 1. The zero-order chi connectivity index (χ0) is 13.4. The maximum absolute atomic E-state index is 12.6. The maximum Gasteiger partial charge on any atom is 0.263 e. The highest BCUT2D eigenvalue weighted by Crippen LogP contribution is 2.36. The summed E-state index contributed by atoms with van der Waals surface area (Å²) in [5, 5.41) is 0. The van der Waals surface area contributed by atoms with Crippen LogP contribution in [-0.2, 0) is 12.8 Å². The van der Waals surface area contributed by atoms with Crippen LogP contribution in [-0.4, -0.2) is 30.4 Å². The zero-order valence-electron chi connectivity index (χ0n) is 11.5. The van der Waals surface area contributed by atoms with Crippen molar-refractivity contribution in [3.8, 4) is 0 Å². The Kier molecular flexibility index (Phi) is 3.63. The quantitative estimate of drug-likeness (QED) is 0.919. The number of rotatable bonds is 4. The SMILES string of the molecule is CN(C(=O)c1cc2c(s1)CCCC2)C(CN)C1CC1. The molecule has 3 nitrogen and oxygen atoms in total. The number of thiophene rings is 1. The molecule has 1 unspecified atom stereocenters. The summed E-state index contributed by atoms with van der Waals surface area (Å²) < 4.78 is 0.